The quantitative estimate of drug-likeness (QED) is 0.616. The van der Waals surface area contributed by atoms with Gasteiger partial charge in [0.2, 0.25) is 5.91 Å². The van der Waals surface area contributed by atoms with Gasteiger partial charge in [-0.15, -0.1) is 12.4 Å². The highest BCUT2D eigenvalue weighted by Crippen LogP contribution is 2.58. The molecule has 2 fully saturated rings. The number of benzene rings is 1. The molecule has 2 heterocycles. The van der Waals surface area contributed by atoms with E-state index in [0.717, 1.165) is 79.8 Å². The van der Waals surface area contributed by atoms with Crippen LogP contribution in [0, 0.1) is 11.3 Å². The molecule has 2 aromatic rings. The number of methoxy groups -OCH3 is 2. The Kier molecular flexibility index (Phi) is 6.40. The van der Waals surface area contributed by atoms with Crippen LogP contribution in [0.25, 0.3) is 10.9 Å². The van der Waals surface area contributed by atoms with Crippen molar-refractivity contribution in [1.82, 2.24) is 15.6 Å². The smallest absolute Gasteiger partial charge is 0.223 e. The van der Waals surface area contributed by atoms with Crippen LogP contribution in [0.2, 0.25) is 0 Å². The summed E-state index contributed by atoms with van der Waals surface area (Å²) in [5.41, 5.74) is 2.46. The van der Waals surface area contributed by atoms with E-state index in [1.165, 1.54) is 0 Å². The molecular weight excluding hydrogens is 378 g/mol. The van der Waals surface area contributed by atoms with Crippen LogP contribution in [0.1, 0.15) is 31.4 Å². The fraction of sp³-hybridized carbons (Fsp3) is 0.571. The fourth-order valence-corrected chi connectivity index (χ4v) is 4.47. The molecule has 28 heavy (non-hydrogen) atoms. The summed E-state index contributed by atoms with van der Waals surface area (Å²) in [5, 5.41) is 7.59. The largest absolute Gasteiger partial charge is 0.497 e. The van der Waals surface area contributed by atoms with Crippen molar-refractivity contribution in [1.29, 1.82) is 0 Å². The fourth-order valence-electron chi connectivity index (χ4n) is 4.47. The van der Waals surface area contributed by atoms with Crippen LogP contribution in [0.15, 0.2) is 18.2 Å². The van der Waals surface area contributed by atoms with E-state index in [9.17, 15) is 4.79 Å². The van der Waals surface area contributed by atoms with Crippen LogP contribution >= 0.6 is 12.4 Å². The average Bonchev–Trinajstić information content (AvgIpc) is 3.21. The highest BCUT2D eigenvalue weighted by molar-refractivity contribution is 5.88. The first kappa shape index (κ1) is 20.8. The van der Waals surface area contributed by atoms with E-state index in [-0.39, 0.29) is 24.2 Å². The zero-order valence-corrected chi connectivity index (χ0v) is 17.4. The molecule has 1 aliphatic heterocycles. The summed E-state index contributed by atoms with van der Waals surface area (Å²) in [6, 6.07) is 6.00. The van der Waals surface area contributed by atoms with Gasteiger partial charge >= 0.3 is 0 Å². The predicted octanol–water partition coefficient (Wildman–Crippen LogP) is 3.05. The molecule has 1 amide bonds. The van der Waals surface area contributed by atoms with Gasteiger partial charge in [0.25, 0.3) is 0 Å². The maximum atomic E-state index is 12.4. The molecule has 1 saturated carbocycles. The van der Waals surface area contributed by atoms with Crippen molar-refractivity contribution in [2.45, 2.75) is 32.1 Å². The summed E-state index contributed by atoms with van der Waals surface area (Å²) in [6.07, 6.45) is 5.17. The molecule has 4 rings (SSSR count). The summed E-state index contributed by atoms with van der Waals surface area (Å²) < 4.78 is 10.8. The van der Waals surface area contributed by atoms with E-state index >= 15 is 0 Å². The van der Waals surface area contributed by atoms with E-state index in [2.05, 4.69) is 21.7 Å². The summed E-state index contributed by atoms with van der Waals surface area (Å²) >= 11 is 0. The SMILES string of the molecule is COc1cc(OC)c2cc(CCCNC(=O)C3CC34CCNCC4)[nH]c2c1.Cl. The molecule has 7 heteroatoms. The first-order valence-electron chi connectivity index (χ1n) is 9.87. The second-order valence-electron chi connectivity index (χ2n) is 7.85. The van der Waals surface area contributed by atoms with Gasteiger partial charge in [-0.2, -0.15) is 0 Å². The van der Waals surface area contributed by atoms with Gasteiger partial charge in [-0.1, -0.05) is 0 Å². The molecule has 1 unspecified atom stereocenters. The number of halogens is 1. The second kappa shape index (κ2) is 8.62. The Bertz CT molecular complexity index is 830. The van der Waals surface area contributed by atoms with E-state index < -0.39 is 0 Å². The van der Waals surface area contributed by atoms with Crippen molar-refractivity contribution in [3.63, 3.8) is 0 Å². The standard InChI is InChI=1S/C21H29N3O3.ClH/c1-26-15-11-18-16(19(12-15)27-2)10-14(24-18)4-3-7-23-20(25)17-13-21(17)5-8-22-9-6-21;/h10-12,17,22,24H,3-9,13H2,1-2H3,(H,23,25);1H. The Labute approximate surface area is 172 Å². The van der Waals surface area contributed by atoms with Gasteiger partial charge in [0.1, 0.15) is 11.5 Å². The van der Waals surface area contributed by atoms with Gasteiger partial charge in [-0.25, -0.2) is 0 Å². The van der Waals surface area contributed by atoms with Crippen molar-refractivity contribution < 1.29 is 14.3 Å². The molecule has 1 saturated heterocycles. The van der Waals surface area contributed by atoms with Crippen molar-refractivity contribution in [3.05, 3.63) is 23.9 Å². The molecule has 1 aromatic carbocycles. The van der Waals surface area contributed by atoms with Crippen molar-refractivity contribution >= 4 is 29.2 Å². The van der Waals surface area contributed by atoms with Crippen LogP contribution in [-0.2, 0) is 11.2 Å². The van der Waals surface area contributed by atoms with Crippen LogP contribution in [0.3, 0.4) is 0 Å². The first-order chi connectivity index (χ1) is 13.1. The number of hydrogen-bond acceptors (Lipinski definition) is 4. The van der Waals surface area contributed by atoms with Crippen molar-refractivity contribution in [2.75, 3.05) is 33.9 Å². The monoisotopic (exact) mass is 407 g/mol. The maximum absolute atomic E-state index is 12.4. The molecule has 154 valence electrons. The Morgan fingerprint density at radius 1 is 1.21 bits per heavy atom. The Hall–Kier alpha value is -1.92. The second-order valence-corrected chi connectivity index (χ2v) is 7.85. The molecule has 1 aromatic heterocycles. The van der Waals surface area contributed by atoms with Crippen LogP contribution < -0.4 is 20.1 Å². The lowest BCUT2D eigenvalue weighted by Crippen LogP contribution is -2.34. The Balaban J connectivity index is 0.00000225. The highest BCUT2D eigenvalue weighted by Gasteiger charge is 2.57. The minimum atomic E-state index is 0. The number of aromatic nitrogens is 1. The van der Waals surface area contributed by atoms with Crippen LogP contribution in [0.5, 0.6) is 11.5 Å². The highest BCUT2D eigenvalue weighted by atomic mass is 35.5. The van der Waals surface area contributed by atoms with Gasteiger partial charge in [0, 0.05) is 35.7 Å². The number of rotatable bonds is 7. The lowest BCUT2D eigenvalue weighted by molar-refractivity contribution is -0.123. The molecule has 0 radical (unpaired) electrons. The normalized spacial score (nSPS) is 19.9. The lowest BCUT2D eigenvalue weighted by atomic mass is 9.92. The van der Waals surface area contributed by atoms with Gasteiger partial charge in [0.05, 0.1) is 19.7 Å². The number of carbonyl (C=O) groups excluding carboxylic acids is 1. The van der Waals surface area contributed by atoms with Crippen LogP contribution in [0.4, 0.5) is 0 Å². The van der Waals surface area contributed by atoms with Gasteiger partial charge in [0.15, 0.2) is 0 Å². The number of ether oxygens (including phenoxy) is 2. The molecule has 0 bridgehead atoms. The lowest BCUT2D eigenvalue weighted by Gasteiger charge is -2.23. The molecule has 1 spiro atoms. The molecule has 1 aliphatic carbocycles. The third-order valence-electron chi connectivity index (χ3n) is 6.21. The number of fused-ring (bicyclic) bond motifs is 1. The number of H-pyrrole nitrogens is 1. The molecule has 2 aliphatic rings. The van der Waals surface area contributed by atoms with E-state index in [1.54, 1.807) is 14.2 Å². The minimum absolute atomic E-state index is 0. The number of aryl methyl sites for hydroxylation is 1. The average molecular weight is 408 g/mol. The minimum Gasteiger partial charge on any atom is -0.497 e. The van der Waals surface area contributed by atoms with Crippen molar-refractivity contribution in [3.8, 4) is 11.5 Å². The summed E-state index contributed by atoms with van der Waals surface area (Å²) in [6.45, 7) is 2.83. The van der Waals surface area contributed by atoms with Gasteiger partial charge in [-0.3, -0.25) is 4.79 Å². The Morgan fingerprint density at radius 2 is 2.00 bits per heavy atom. The van der Waals surface area contributed by atoms with Crippen LogP contribution in [-0.4, -0.2) is 44.7 Å². The molecule has 1 atom stereocenters. The first-order valence-corrected chi connectivity index (χ1v) is 9.87. The van der Waals surface area contributed by atoms with E-state index in [1.807, 2.05) is 12.1 Å². The number of aromatic amines is 1. The molecular formula is C21H30ClN3O3. The van der Waals surface area contributed by atoms with Gasteiger partial charge < -0.3 is 25.1 Å². The summed E-state index contributed by atoms with van der Waals surface area (Å²) in [5.74, 6) is 2.07. The summed E-state index contributed by atoms with van der Waals surface area (Å²) in [4.78, 5) is 15.9. The zero-order valence-electron chi connectivity index (χ0n) is 16.6. The zero-order chi connectivity index (χ0) is 18.9. The van der Waals surface area contributed by atoms with E-state index in [4.69, 9.17) is 9.47 Å². The number of nitrogens with one attached hydrogen (secondary N) is 3. The van der Waals surface area contributed by atoms with Gasteiger partial charge in [-0.05, 0) is 56.7 Å². The Morgan fingerprint density at radius 3 is 2.71 bits per heavy atom. The number of piperidine rings is 1. The summed E-state index contributed by atoms with van der Waals surface area (Å²) in [7, 11) is 3.32. The third kappa shape index (κ3) is 4.08. The predicted molar refractivity (Wildman–Crippen MR) is 113 cm³/mol. The number of hydrogen-bond donors (Lipinski definition) is 3. The van der Waals surface area contributed by atoms with E-state index in [0.29, 0.717) is 5.41 Å². The molecule has 3 N–H and O–H groups in total. The van der Waals surface area contributed by atoms with Crippen molar-refractivity contribution in [2.24, 2.45) is 11.3 Å². The maximum Gasteiger partial charge on any atom is 0.223 e. The topological polar surface area (TPSA) is 75.4 Å². The third-order valence-corrected chi connectivity index (χ3v) is 6.21. The number of carbonyl (C=O) groups is 1. The molecule has 6 nitrogen and oxygen atoms in total. The number of amides is 1.